The summed E-state index contributed by atoms with van der Waals surface area (Å²) in [6.07, 6.45) is 6.96. The van der Waals surface area contributed by atoms with Crippen LogP contribution < -0.4 is 22.5 Å². The molecule has 4 rings (SSSR count). The second kappa shape index (κ2) is 19.0. The zero-order valence-electron chi connectivity index (χ0n) is 25.6. The summed E-state index contributed by atoms with van der Waals surface area (Å²) < 4.78 is 1.51. The van der Waals surface area contributed by atoms with Gasteiger partial charge in [-0.15, -0.1) is 13.1 Å². The van der Waals surface area contributed by atoms with E-state index in [1.54, 1.807) is 31.0 Å². The van der Waals surface area contributed by atoms with Gasteiger partial charge in [-0.1, -0.05) is 32.6 Å². The van der Waals surface area contributed by atoms with E-state index < -0.39 is 5.54 Å². The van der Waals surface area contributed by atoms with Crippen LogP contribution in [-0.4, -0.2) is 90.1 Å². The van der Waals surface area contributed by atoms with Gasteiger partial charge in [0.25, 0.3) is 0 Å². The van der Waals surface area contributed by atoms with Crippen molar-refractivity contribution in [2.75, 3.05) is 58.2 Å². The number of aromatic nitrogens is 2. The predicted octanol–water partition coefficient (Wildman–Crippen LogP) is 2.87. The van der Waals surface area contributed by atoms with Crippen LogP contribution in [0.4, 0.5) is 10.6 Å². The number of carbonyl (C=O) groups is 2. The molecular weight excluding hydrogens is 585 g/mol. The maximum absolute atomic E-state index is 12.1. The summed E-state index contributed by atoms with van der Waals surface area (Å²) in [4.78, 5) is 41.5. The van der Waals surface area contributed by atoms with Crippen LogP contribution in [0, 0.1) is 18.3 Å². The van der Waals surface area contributed by atoms with Crippen LogP contribution in [0.2, 0.25) is 0 Å². The minimum atomic E-state index is -0.639. The number of aldehydes is 1. The number of nitrogens with one attached hydrogen (secondary N) is 1. The van der Waals surface area contributed by atoms with Gasteiger partial charge >= 0.3 is 11.7 Å². The molecule has 3 unspecified atom stereocenters. The van der Waals surface area contributed by atoms with Crippen LogP contribution in [0.3, 0.4) is 0 Å². The number of piperazine rings is 1. The molecule has 2 amide bonds. The molecule has 1 saturated carbocycles. The minimum Gasteiger partial charge on any atom is -0.662 e. The maximum Gasteiger partial charge on any atom is 0.349 e. The van der Waals surface area contributed by atoms with Crippen LogP contribution in [-0.2, 0) is 37.5 Å². The molecule has 3 heterocycles. The molecule has 0 bridgehead atoms. The SMILES string of the molecule is CC(C)(N)C=O.CCCC.NCC12C[N-]CC1C2.[CH2-]CC(C)n1ccc(NC(=O)N2CCN(C)CC2)nc1=O.[Y]. The summed E-state index contributed by atoms with van der Waals surface area (Å²) >= 11 is 0. The van der Waals surface area contributed by atoms with Gasteiger partial charge in [-0.05, 0) is 52.3 Å². The molecule has 40 heavy (non-hydrogen) atoms. The van der Waals surface area contributed by atoms with Gasteiger partial charge in [-0.3, -0.25) is 9.88 Å². The normalized spacial score (nSPS) is 21.9. The minimum absolute atomic E-state index is 0. The molecule has 12 heteroatoms. The topological polar surface area (TPSA) is 154 Å². The molecule has 2 saturated heterocycles. The van der Waals surface area contributed by atoms with Crippen molar-refractivity contribution >= 4 is 18.1 Å². The second-order valence-corrected chi connectivity index (χ2v) is 11.3. The van der Waals surface area contributed by atoms with Gasteiger partial charge in [0.15, 0.2) is 0 Å². The van der Waals surface area contributed by atoms with Gasteiger partial charge in [-0.25, -0.2) is 9.59 Å². The van der Waals surface area contributed by atoms with E-state index in [1.807, 2.05) is 14.0 Å². The molecule has 11 nitrogen and oxygen atoms in total. The largest absolute Gasteiger partial charge is 0.662 e. The molecular formula is C28H52N8O3Y-2. The van der Waals surface area contributed by atoms with Crippen LogP contribution in [0.25, 0.3) is 5.32 Å². The van der Waals surface area contributed by atoms with Crippen molar-refractivity contribution in [1.29, 1.82) is 0 Å². The summed E-state index contributed by atoms with van der Waals surface area (Å²) in [6.45, 7) is 19.4. The number of anilines is 1. The van der Waals surface area contributed by atoms with Gasteiger partial charge in [0, 0.05) is 71.1 Å². The molecule has 1 radical (unpaired) electrons. The Morgan fingerprint density at radius 2 is 1.88 bits per heavy atom. The molecule has 0 spiro atoms. The Labute approximate surface area is 266 Å². The Morgan fingerprint density at radius 1 is 1.30 bits per heavy atom. The van der Waals surface area contributed by atoms with Crippen LogP contribution >= 0.6 is 0 Å². The van der Waals surface area contributed by atoms with Crippen LogP contribution in [0.1, 0.15) is 66.3 Å². The molecule has 0 aromatic carbocycles. The van der Waals surface area contributed by atoms with Gasteiger partial charge in [0.05, 0.1) is 5.54 Å². The smallest absolute Gasteiger partial charge is 0.349 e. The fourth-order valence-electron chi connectivity index (χ4n) is 3.80. The zero-order valence-corrected chi connectivity index (χ0v) is 28.4. The standard InChI is InChI=1S/C14H22N5O2.C6H11N2.C4H9NO.C4H10.Y/c1-4-11(2)19-6-5-12(16-14(19)21)15-13(20)18-9-7-17(3)8-10-18;7-3-6-1-5(6)2-8-4-6;1-4(2,5)3-6;1-3-4-2;/h5-6,11H,1,4,7-10H2,2-3H3,(H,15,16,20,21);5H,1-4,7H2;3H,5H2,1-2H3;3-4H2,1-2H3;/q2*-1;;;. The summed E-state index contributed by atoms with van der Waals surface area (Å²) in [5.74, 6) is 1.17. The Morgan fingerprint density at radius 3 is 2.23 bits per heavy atom. The number of nitrogens with zero attached hydrogens (tertiary/aromatic N) is 5. The summed E-state index contributed by atoms with van der Waals surface area (Å²) in [5.41, 5.74) is 10.2. The van der Waals surface area contributed by atoms with Crippen molar-refractivity contribution < 1.29 is 42.3 Å². The number of nitrogens with two attached hydrogens (primary N) is 2. The third-order valence-corrected chi connectivity index (χ3v) is 7.09. The molecule has 1 aromatic rings. The maximum atomic E-state index is 12.1. The van der Waals surface area contributed by atoms with Gasteiger partial charge in [0.2, 0.25) is 0 Å². The molecule has 227 valence electrons. The fourth-order valence-corrected chi connectivity index (χ4v) is 3.80. The zero-order chi connectivity index (χ0) is 29.6. The van der Waals surface area contributed by atoms with Crippen LogP contribution in [0.15, 0.2) is 17.1 Å². The van der Waals surface area contributed by atoms with Crippen molar-refractivity contribution in [1.82, 2.24) is 19.4 Å². The molecule has 3 aliphatic rings. The number of carbonyl (C=O) groups excluding carboxylic acids is 2. The number of amides is 2. The molecule has 2 aliphatic heterocycles. The summed E-state index contributed by atoms with van der Waals surface area (Å²) in [6, 6.07) is 1.42. The molecule has 3 fully saturated rings. The van der Waals surface area contributed by atoms with E-state index in [2.05, 4.69) is 41.3 Å². The predicted molar refractivity (Wildman–Crippen MR) is 159 cm³/mol. The van der Waals surface area contributed by atoms with Crippen LogP contribution in [0.5, 0.6) is 0 Å². The number of piperidine rings is 1. The Bertz CT molecular complexity index is 925. The Hall–Kier alpha value is -1.24. The number of hydrogen-bond acceptors (Lipinski definition) is 7. The van der Waals surface area contributed by atoms with Crippen molar-refractivity contribution in [2.24, 2.45) is 22.8 Å². The van der Waals surface area contributed by atoms with E-state index in [4.69, 9.17) is 11.5 Å². The first-order valence-electron chi connectivity index (χ1n) is 14.1. The quantitative estimate of drug-likeness (QED) is 0.320. The van der Waals surface area contributed by atoms with Crippen molar-refractivity contribution in [3.05, 3.63) is 35.0 Å². The van der Waals surface area contributed by atoms with Crippen molar-refractivity contribution in [3.63, 3.8) is 0 Å². The first-order chi connectivity index (χ1) is 18.4. The second-order valence-electron chi connectivity index (χ2n) is 11.3. The van der Waals surface area contributed by atoms with E-state index in [9.17, 15) is 14.4 Å². The van der Waals surface area contributed by atoms with Gasteiger partial charge in [0.1, 0.15) is 12.1 Å². The Kier molecular flexibility index (Phi) is 18.5. The first kappa shape index (κ1) is 38.8. The average Bonchev–Trinajstić information content (AvgIpc) is 3.47. The number of hydrogen-bond donors (Lipinski definition) is 3. The van der Waals surface area contributed by atoms with E-state index >= 15 is 0 Å². The van der Waals surface area contributed by atoms with E-state index in [-0.39, 0.29) is 56.3 Å². The number of fused-ring (bicyclic) bond motifs is 1. The fraction of sp³-hybridized carbons (Fsp3) is 0.750. The van der Waals surface area contributed by atoms with Crippen molar-refractivity contribution in [3.8, 4) is 0 Å². The number of urea groups is 1. The third kappa shape index (κ3) is 13.6. The average molecular weight is 638 g/mol. The van der Waals surface area contributed by atoms with Crippen molar-refractivity contribution in [2.45, 2.75) is 71.9 Å². The molecule has 3 atom stereocenters. The number of rotatable bonds is 6. The molecule has 1 aliphatic carbocycles. The third-order valence-electron chi connectivity index (χ3n) is 7.09. The number of unbranched alkanes of at least 4 members (excludes halogenated alkanes) is 1. The summed E-state index contributed by atoms with van der Waals surface area (Å²) in [7, 11) is 2.03. The van der Waals surface area contributed by atoms with E-state index in [0.717, 1.165) is 38.6 Å². The Balaban J connectivity index is 0.000000651. The molecule has 1 aromatic heterocycles. The van der Waals surface area contributed by atoms with E-state index in [0.29, 0.717) is 31.2 Å². The van der Waals surface area contributed by atoms with E-state index in [1.165, 1.54) is 23.8 Å². The van der Waals surface area contributed by atoms with Gasteiger partial charge < -0.3 is 38.3 Å². The first-order valence-corrected chi connectivity index (χ1v) is 14.1. The monoisotopic (exact) mass is 637 g/mol. The van der Waals surface area contributed by atoms with Gasteiger partial charge in [-0.2, -0.15) is 11.4 Å². The summed E-state index contributed by atoms with van der Waals surface area (Å²) in [5, 5.41) is 6.96. The molecule has 5 N–H and O–H groups in total. The number of likely N-dealkylation sites (N-methyl/N-ethyl adjacent to an activating group) is 1.